The molecule has 7 nitrogen and oxygen atoms in total. The molecular weight excluding hydrogens is 380 g/mol. The first-order chi connectivity index (χ1) is 14.5. The lowest BCUT2D eigenvalue weighted by molar-refractivity contribution is 0.0683. The first kappa shape index (κ1) is 19.7. The lowest BCUT2D eigenvalue weighted by Crippen LogP contribution is -2.39. The zero-order chi connectivity index (χ0) is 21.1. The number of hydrogen-bond donors (Lipinski definition) is 1. The van der Waals surface area contributed by atoms with Crippen LogP contribution in [0.15, 0.2) is 60.7 Å². The van der Waals surface area contributed by atoms with E-state index in [9.17, 15) is 9.59 Å². The Hall–Kier alpha value is -3.61. The highest BCUT2D eigenvalue weighted by Crippen LogP contribution is 2.19. The molecule has 0 unspecified atom stereocenters. The van der Waals surface area contributed by atoms with Gasteiger partial charge in [-0.3, -0.25) is 14.3 Å². The average Bonchev–Trinajstić information content (AvgIpc) is 3.22. The number of ether oxygens (including phenoxy) is 1. The molecule has 0 aliphatic carbocycles. The number of aromatic nitrogens is 2. The summed E-state index contributed by atoms with van der Waals surface area (Å²) >= 11 is 0. The third-order valence-electron chi connectivity index (χ3n) is 5.28. The molecule has 7 heteroatoms. The normalized spacial score (nSPS) is 14.2. The monoisotopic (exact) mass is 404 g/mol. The lowest BCUT2D eigenvalue weighted by Gasteiger charge is -2.27. The van der Waals surface area contributed by atoms with Crippen molar-refractivity contribution in [3.05, 3.63) is 83.2 Å². The van der Waals surface area contributed by atoms with Crippen LogP contribution in [-0.4, -0.2) is 40.1 Å². The molecule has 30 heavy (non-hydrogen) atoms. The smallest absolute Gasteiger partial charge is 0.272 e. The van der Waals surface area contributed by atoms with Gasteiger partial charge < -0.3 is 15.0 Å². The second-order valence-electron chi connectivity index (χ2n) is 7.32. The van der Waals surface area contributed by atoms with Gasteiger partial charge in [0, 0.05) is 19.2 Å². The molecule has 2 amide bonds. The molecule has 0 spiro atoms. The standard InChI is InChI=1S/C23H24N4O3/c1-16(18-6-4-3-5-7-18)24-22(28)20-14-21-23(29)26(12-13-27(21)25-20)15-17-8-10-19(30-2)11-9-17/h3-11,14,16H,12-13,15H2,1-2H3,(H,24,28)/t16-/m1/s1. The van der Waals surface area contributed by atoms with Crippen LogP contribution in [-0.2, 0) is 13.1 Å². The number of fused-ring (bicyclic) bond motifs is 1. The number of nitrogens with one attached hydrogen (secondary N) is 1. The fraction of sp³-hybridized carbons (Fsp3) is 0.261. The molecule has 0 saturated carbocycles. The maximum Gasteiger partial charge on any atom is 0.272 e. The Labute approximate surface area is 175 Å². The van der Waals surface area contributed by atoms with E-state index in [-0.39, 0.29) is 23.6 Å². The summed E-state index contributed by atoms with van der Waals surface area (Å²) in [6.07, 6.45) is 0. The molecule has 1 atom stereocenters. The molecule has 0 radical (unpaired) electrons. The molecule has 154 valence electrons. The zero-order valence-electron chi connectivity index (χ0n) is 17.0. The van der Waals surface area contributed by atoms with Crippen molar-refractivity contribution < 1.29 is 14.3 Å². The van der Waals surface area contributed by atoms with E-state index in [0.29, 0.717) is 25.3 Å². The maximum absolute atomic E-state index is 12.9. The summed E-state index contributed by atoms with van der Waals surface area (Å²) in [5.74, 6) is 0.365. The minimum absolute atomic E-state index is 0.125. The lowest BCUT2D eigenvalue weighted by atomic mass is 10.1. The summed E-state index contributed by atoms with van der Waals surface area (Å²) in [5, 5.41) is 7.30. The Morgan fingerprint density at radius 3 is 2.57 bits per heavy atom. The van der Waals surface area contributed by atoms with Crippen molar-refractivity contribution in [1.82, 2.24) is 20.0 Å². The van der Waals surface area contributed by atoms with E-state index in [1.807, 2.05) is 61.5 Å². The van der Waals surface area contributed by atoms with Gasteiger partial charge in [-0.25, -0.2) is 0 Å². The van der Waals surface area contributed by atoms with Crippen molar-refractivity contribution in [2.45, 2.75) is 26.1 Å². The molecule has 1 N–H and O–H groups in total. The Morgan fingerprint density at radius 2 is 1.87 bits per heavy atom. The van der Waals surface area contributed by atoms with Crippen LogP contribution in [0.1, 0.15) is 45.1 Å². The van der Waals surface area contributed by atoms with E-state index in [1.54, 1.807) is 22.8 Å². The molecular formula is C23H24N4O3. The molecule has 2 aromatic carbocycles. The average molecular weight is 404 g/mol. The van der Waals surface area contributed by atoms with Crippen LogP contribution >= 0.6 is 0 Å². The first-order valence-corrected chi connectivity index (χ1v) is 9.91. The van der Waals surface area contributed by atoms with Crippen LogP contribution in [0.4, 0.5) is 0 Å². The minimum atomic E-state index is -0.289. The Kier molecular flexibility index (Phi) is 5.52. The maximum atomic E-state index is 12.9. The second-order valence-corrected chi connectivity index (χ2v) is 7.32. The van der Waals surface area contributed by atoms with E-state index in [0.717, 1.165) is 16.9 Å². The highest BCUT2D eigenvalue weighted by Gasteiger charge is 2.28. The topological polar surface area (TPSA) is 76.5 Å². The number of amides is 2. The molecule has 1 aliphatic heterocycles. The molecule has 1 aromatic heterocycles. The summed E-state index contributed by atoms with van der Waals surface area (Å²) in [6, 6.07) is 18.8. The van der Waals surface area contributed by atoms with E-state index in [4.69, 9.17) is 4.74 Å². The molecule has 3 aromatic rings. The summed E-state index contributed by atoms with van der Waals surface area (Å²) < 4.78 is 6.80. The van der Waals surface area contributed by atoms with Crippen molar-refractivity contribution in [3.8, 4) is 5.75 Å². The van der Waals surface area contributed by atoms with Crippen molar-refractivity contribution in [1.29, 1.82) is 0 Å². The third kappa shape index (κ3) is 4.05. The van der Waals surface area contributed by atoms with Gasteiger partial charge in [0.1, 0.15) is 11.4 Å². The van der Waals surface area contributed by atoms with Crippen LogP contribution in [0.2, 0.25) is 0 Å². The van der Waals surface area contributed by atoms with E-state index >= 15 is 0 Å². The molecule has 1 aliphatic rings. The van der Waals surface area contributed by atoms with Gasteiger partial charge in [-0.05, 0) is 30.2 Å². The van der Waals surface area contributed by atoms with Crippen LogP contribution in [0.5, 0.6) is 5.75 Å². The van der Waals surface area contributed by atoms with Gasteiger partial charge >= 0.3 is 0 Å². The van der Waals surface area contributed by atoms with Crippen molar-refractivity contribution in [2.75, 3.05) is 13.7 Å². The zero-order valence-corrected chi connectivity index (χ0v) is 17.0. The van der Waals surface area contributed by atoms with Crippen molar-refractivity contribution >= 4 is 11.8 Å². The van der Waals surface area contributed by atoms with Crippen LogP contribution < -0.4 is 10.1 Å². The number of carbonyl (C=O) groups is 2. The van der Waals surface area contributed by atoms with Crippen molar-refractivity contribution in [3.63, 3.8) is 0 Å². The predicted molar refractivity (Wildman–Crippen MR) is 112 cm³/mol. The van der Waals surface area contributed by atoms with Crippen LogP contribution in [0, 0.1) is 0 Å². The highest BCUT2D eigenvalue weighted by atomic mass is 16.5. The number of nitrogens with zero attached hydrogens (tertiary/aromatic N) is 3. The summed E-state index contributed by atoms with van der Waals surface area (Å²) in [5.41, 5.74) is 2.73. The first-order valence-electron chi connectivity index (χ1n) is 9.91. The quantitative estimate of drug-likeness (QED) is 0.685. The molecule has 0 saturated heterocycles. The Morgan fingerprint density at radius 1 is 1.13 bits per heavy atom. The number of rotatable bonds is 6. The largest absolute Gasteiger partial charge is 0.497 e. The SMILES string of the molecule is COc1ccc(CN2CCn3nc(C(=O)N[C@H](C)c4ccccc4)cc3C2=O)cc1. The predicted octanol–water partition coefficient (Wildman–Crippen LogP) is 3.04. The van der Waals surface area contributed by atoms with Gasteiger partial charge in [0.15, 0.2) is 5.69 Å². The van der Waals surface area contributed by atoms with E-state index in [2.05, 4.69) is 10.4 Å². The van der Waals surface area contributed by atoms with Gasteiger partial charge in [-0.1, -0.05) is 42.5 Å². The second kappa shape index (κ2) is 8.41. The number of benzene rings is 2. The molecule has 0 bridgehead atoms. The van der Waals surface area contributed by atoms with Gasteiger partial charge in [0.05, 0.1) is 19.7 Å². The highest BCUT2D eigenvalue weighted by molar-refractivity contribution is 5.98. The van der Waals surface area contributed by atoms with E-state index in [1.165, 1.54) is 0 Å². The van der Waals surface area contributed by atoms with Gasteiger partial charge in [-0.15, -0.1) is 0 Å². The summed E-state index contributed by atoms with van der Waals surface area (Å²) in [4.78, 5) is 27.4. The van der Waals surface area contributed by atoms with Crippen LogP contribution in [0.3, 0.4) is 0 Å². The summed E-state index contributed by atoms with van der Waals surface area (Å²) in [6.45, 7) is 3.52. The molecule has 0 fully saturated rings. The number of methoxy groups -OCH3 is 1. The number of carbonyl (C=O) groups excluding carboxylic acids is 2. The Bertz CT molecular complexity index is 1040. The van der Waals surface area contributed by atoms with Gasteiger partial charge in [0.2, 0.25) is 0 Å². The van der Waals surface area contributed by atoms with Gasteiger partial charge in [-0.2, -0.15) is 5.10 Å². The van der Waals surface area contributed by atoms with Crippen LogP contribution in [0.25, 0.3) is 0 Å². The fourth-order valence-corrected chi connectivity index (χ4v) is 3.55. The molecule has 4 rings (SSSR count). The van der Waals surface area contributed by atoms with E-state index < -0.39 is 0 Å². The van der Waals surface area contributed by atoms with Crippen molar-refractivity contribution in [2.24, 2.45) is 0 Å². The summed E-state index contributed by atoms with van der Waals surface area (Å²) in [7, 11) is 1.62. The van der Waals surface area contributed by atoms with Gasteiger partial charge in [0.25, 0.3) is 11.8 Å². The third-order valence-corrected chi connectivity index (χ3v) is 5.28. The fourth-order valence-electron chi connectivity index (χ4n) is 3.55. The molecule has 2 heterocycles. The minimum Gasteiger partial charge on any atom is -0.497 e. The number of hydrogen-bond acceptors (Lipinski definition) is 4. The Balaban J connectivity index is 1.45.